The van der Waals surface area contributed by atoms with E-state index in [2.05, 4.69) is 34.3 Å². The monoisotopic (exact) mass is 293 g/mol. The van der Waals surface area contributed by atoms with Crippen molar-refractivity contribution in [1.82, 2.24) is 25.1 Å². The first-order valence-corrected chi connectivity index (χ1v) is 8.30. The molecule has 2 heterocycles. The molecule has 1 aromatic rings. The van der Waals surface area contributed by atoms with Crippen LogP contribution in [0.15, 0.2) is 0 Å². The Hall–Kier alpha value is -1.46. The number of amides is 1. The van der Waals surface area contributed by atoms with Crippen LogP contribution < -0.4 is 0 Å². The molecule has 1 amide bonds. The molecule has 1 aliphatic heterocycles. The number of hydrogen-bond acceptors (Lipinski definition) is 4. The summed E-state index contributed by atoms with van der Waals surface area (Å²) in [5.41, 5.74) is 0. The first-order chi connectivity index (χ1) is 10.3. The highest BCUT2D eigenvalue weighted by Crippen LogP contribution is 2.21. The molecule has 0 N–H and O–H groups in total. The highest BCUT2D eigenvalue weighted by atomic mass is 16.2. The summed E-state index contributed by atoms with van der Waals surface area (Å²) in [7, 11) is 0. The first kappa shape index (κ1) is 15.9. The minimum atomic E-state index is 0.113. The van der Waals surface area contributed by atoms with E-state index in [1.807, 2.05) is 4.68 Å². The number of rotatable bonds is 7. The van der Waals surface area contributed by atoms with Crippen LogP contribution in [0.5, 0.6) is 0 Å². The zero-order chi connectivity index (χ0) is 15.1. The van der Waals surface area contributed by atoms with E-state index in [1.165, 1.54) is 0 Å². The van der Waals surface area contributed by atoms with Gasteiger partial charge in [-0.2, -0.15) is 0 Å². The largest absolute Gasteiger partial charge is 0.342 e. The normalized spacial score (nSPS) is 18.1. The van der Waals surface area contributed by atoms with Gasteiger partial charge in [0.25, 0.3) is 0 Å². The molecule has 0 radical (unpaired) electrons. The third-order valence-corrected chi connectivity index (χ3v) is 4.24. The summed E-state index contributed by atoms with van der Waals surface area (Å²) in [6.45, 7) is 6.90. The van der Waals surface area contributed by atoms with Gasteiger partial charge in [0.05, 0.1) is 0 Å². The van der Waals surface area contributed by atoms with Crippen LogP contribution >= 0.6 is 0 Å². The van der Waals surface area contributed by atoms with E-state index in [0.717, 1.165) is 70.4 Å². The van der Waals surface area contributed by atoms with E-state index < -0.39 is 0 Å². The predicted octanol–water partition coefficient (Wildman–Crippen LogP) is 2.05. The number of unbranched alkanes of at least 4 members (excludes halogenated alkanes) is 2. The van der Waals surface area contributed by atoms with Crippen molar-refractivity contribution in [3.05, 3.63) is 5.82 Å². The fourth-order valence-electron chi connectivity index (χ4n) is 2.84. The van der Waals surface area contributed by atoms with Gasteiger partial charge in [-0.15, -0.1) is 5.10 Å². The Morgan fingerprint density at radius 1 is 1.24 bits per heavy atom. The van der Waals surface area contributed by atoms with Crippen molar-refractivity contribution >= 4 is 5.91 Å². The summed E-state index contributed by atoms with van der Waals surface area (Å²) in [5, 5.41) is 11.7. The van der Waals surface area contributed by atoms with Crippen molar-refractivity contribution in [3.8, 4) is 0 Å². The molecule has 1 aliphatic rings. The summed E-state index contributed by atoms with van der Waals surface area (Å²) in [6.07, 6.45) is 6.97. The van der Waals surface area contributed by atoms with Crippen LogP contribution in [0, 0.1) is 5.92 Å². The Bertz CT molecular complexity index is 415. The molecule has 1 atom stereocenters. The molecule has 6 heteroatoms. The molecule has 1 aromatic heterocycles. The lowest BCUT2D eigenvalue weighted by atomic mass is 9.98. The summed E-state index contributed by atoms with van der Waals surface area (Å²) >= 11 is 0. The fourth-order valence-corrected chi connectivity index (χ4v) is 2.84. The Labute approximate surface area is 126 Å². The van der Waals surface area contributed by atoms with Gasteiger partial charge in [0.15, 0.2) is 5.82 Å². The lowest BCUT2D eigenvalue weighted by Gasteiger charge is -2.26. The Morgan fingerprint density at radius 3 is 2.62 bits per heavy atom. The second kappa shape index (κ2) is 8.10. The molecule has 21 heavy (non-hydrogen) atoms. The lowest BCUT2D eigenvalue weighted by molar-refractivity contribution is -0.136. The summed E-state index contributed by atoms with van der Waals surface area (Å²) in [6, 6.07) is 0. The van der Waals surface area contributed by atoms with Crippen LogP contribution in [0.2, 0.25) is 0 Å². The van der Waals surface area contributed by atoms with E-state index in [4.69, 9.17) is 0 Å². The predicted molar refractivity (Wildman–Crippen MR) is 80.6 cm³/mol. The van der Waals surface area contributed by atoms with Gasteiger partial charge in [-0.1, -0.05) is 26.7 Å². The van der Waals surface area contributed by atoms with E-state index in [-0.39, 0.29) is 5.92 Å². The Kier molecular flexibility index (Phi) is 6.14. The third kappa shape index (κ3) is 4.25. The number of carbonyl (C=O) groups is 1. The number of aromatic nitrogens is 4. The van der Waals surface area contributed by atoms with Gasteiger partial charge < -0.3 is 4.90 Å². The molecule has 0 bridgehead atoms. The number of hydrogen-bond donors (Lipinski definition) is 0. The van der Waals surface area contributed by atoms with Crippen LogP contribution in [0.25, 0.3) is 0 Å². The zero-order valence-corrected chi connectivity index (χ0v) is 13.3. The van der Waals surface area contributed by atoms with Crippen LogP contribution in [0.3, 0.4) is 0 Å². The van der Waals surface area contributed by atoms with Gasteiger partial charge in [0.2, 0.25) is 5.91 Å². The van der Waals surface area contributed by atoms with Crippen molar-refractivity contribution in [2.75, 3.05) is 13.1 Å². The van der Waals surface area contributed by atoms with Crippen molar-refractivity contribution in [2.45, 2.75) is 65.3 Å². The summed E-state index contributed by atoms with van der Waals surface area (Å²) in [5.74, 6) is 1.36. The highest BCUT2D eigenvalue weighted by Gasteiger charge is 2.27. The number of fused-ring (bicyclic) bond motifs is 1. The maximum absolute atomic E-state index is 12.8. The van der Waals surface area contributed by atoms with E-state index in [1.54, 1.807) is 0 Å². The number of tetrazole rings is 1. The quantitative estimate of drug-likeness (QED) is 0.772. The van der Waals surface area contributed by atoms with Gasteiger partial charge in [-0.05, 0) is 36.1 Å². The van der Waals surface area contributed by atoms with Crippen LogP contribution in [0.4, 0.5) is 0 Å². The maximum Gasteiger partial charge on any atom is 0.225 e. The highest BCUT2D eigenvalue weighted by molar-refractivity contribution is 5.78. The van der Waals surface area contributed by atoms with Crippen molar-refractivity contribution in [2.24, 2.45) is 5.92 Å². The van der Waals surface area contributed by atoms with E-state index in [9.17, 15) is 4.79 Å². The molecule has 0 fully saturated rings. The van der Waals surface area contributed by atoms with E-state index >= 15 is 0 Å². The van der Waals surface area contributed by atoms with Crippen LogP contribution in [-0.4, -0.2) is 44.1 Å². The molecule has 0 saturated heterocycles. The number of nitrogens with zero attached hydrogens (tertiary/aromatic N) is 5. The molecule has 0 saturated carbocycles. The smallest absolute Gasteiger partial charge is 0.225 e. The van der Waals surface area contributed by atoms with Gasteiger partial charge in [-0.3, -0.25) is 4.79 Å². The van der Waals surface area contributed by atoms with Crippen molar-refractivity contribution < 1.29 is 4.79 Å². The molecular formula is C15H27N5O. The molecule has 0 aliphatic carbocycles. The fraction of sp³-hybridized carbons (Fsp3) is 0.867. The second-order valence-electron chi connectivity index (χ2n) is 5.87. The molecule has 0 aromatic carbocycles. The molecular weight excluding hydrogens is 266 g/mol. The zero-order valence-electron chi connectivity index (χ0n) is 13.3. The minimum Gasteiger partial charge on any atom is -0.342 e. The number of carbonyl (C=O) groups excluding carboxylic acids is 1. The van der Waals surface area contributed by atoms with Gasteiger partial charge in [0, 0.05) is 32.0 Å². The number of aryl methyl sites for hydroxylation is 2. The summed E-state index contributed by atoms with van der Waals surface area (Å²) < 4.78 is 1.84. The maximum atomic E-state index is 12.8. The minimum absolute atomic E-state index is 0.113. The molecule has 0 spiro atoms. The second-order valence-corrected chi connectivity index (χ2v) is 5.87. The van der Waals surface area contributed by atoms with Gasteiger partial charge >= 0.3 is 0 Å². The Morgan fingerprint density at radius 2 is 1.95 bits per heavy atom. The Balaban J connectivity index is 1.94. The van der Waals surface area contributed by atoms with Crippen LogP contribution in [-0.2, 0) is 17.8 Å². The van der Waals surface area contributed by atoms with Crippen molar-refractivity contribution in [1.29, 1.82) is 0 Å². The molecule has 2 rings (SSSR count). The molecule has 118 valence electrons. The third-order valence-electron chi connectivity index (χ3n) is 4.24. The lowest BCUT2D eigenvalue weighted by Crippen LogP contribution is -2.38. The average Bonchev–Trinajstić information content (AvgIpc) is 2.85. The van der Waals surface area contributed by atoms with Gasteiger partial charge in [0.1, 0.15) is 0 Å². The SMILES string of the molecule is CCCCN(CCCC)C(=O)[C@H]1CCc2nnnn2CC1. The molecule has 6 nitrogen and oxygen atoms in total. The first-order valence-electron chi connectivity index (χ1n) is 8.30. The van der Waals surface area contributed by atoms with Crippen LogP contribution in [0.1, 0.15) is 58.2 Å². The standard InChI is InChI=1S/C15H27N5O/c1-3-5-10-19(11-6-4-2)15(21)13-7-8-14-16-17-18-20(14)12-9-13/h13H,3-12H2,1-2H3/t13-/m0/s1. The average molecular weight is 293 g/mol. The van der Waals surface area contributed by atoms with Gasteiger partial charge in [-0.25, -0.2) is 4.68 Å². The van der Waals surface area contributed by atoms with Crippen molar-refractivity contribution in [3.63, 3.8) is 0 Å². The summed E-state index contributed by atoms with van der Waals surface area (Å²) in [4.78, 5) is 14.9. The molecule has 0 unspecified atom stereocenters. The topological polar surface area (TPSA) is 63.9 Å². The van der Waals surface area contributed by atoms with E-state index in [0.29, 0.717) is 5.91 Å².